The molecular formula is C24H18N4O5. The van der Waals surface area contributed by atoms with Crippen molar-refractivity contribution >= 4 is 34.6 Å². The number of hydrogen-bond acceptors (Lipinski definition) is 7. The lowest BCUT2D eigenvalue weighted by Gasteiger charge is -2.22. The predicted octanol–water partition coefficient (Wildman–Crippen LogP) is 3.39. The van der Waals surface area contributed by atoms with Crippen molar-refractivity contribution in [1.29, 1.82) is 0 Å². The van der Waals surface area contributed by atoms with Crippen molar-refractivity contribution in [2.75, 3.05) is 17.0 Å². The van der Waals surface area contributed by atoms with Crippen LogP contribution >= 0.6 is 0 Å². The molecule has 2 atom stereocenters. The number of nitro benzene ring substituents is 1. The number of rotatable bonds is 5. The zero-order valence-corrected chi connectivity index (χ0v) is 17.5. The molecule has 164 valence electrons. The second-order valence-electron chi connectivity index (χ2n) is 7.58. The molecule has 9 nitrogen and oxygen atoms in total. The minimum atomic E-state index is -0.880. The van der Waals surface area contributed by atoms with Crippen LogP contribution in [0.1, 0.15) is 5.56 Å². The second-order valence-corrected chi connectivity index (χ2v) is 7.58. The number of nitro groups is 1. The Morgan fingerprint density at radius 3 is 2.24 bits per heavy atom. The Balaban J connectivity index is 1.63. The van der Waals surface area contributed by atoms with Gasteiger partial charge in [-0.15, -0.1) is 0 Å². The fourth-order valence-electron chi connectivity index (χ4n) is 4.25. The van der Waals surface area contributed by atoms with E-state index in [2.05, 4.69) is 5.10 Å². The Bertz CT molecular complexity index is 1290. The van der Waals surface area contributed by atoms with Gasteiger partial charge in [-0.25, -0.2) is 4.90 Å². The highest BCUT2D eigenvalue weighted by Gasteiger charge is 2.57. The van der Waals surface area contributed by atoms with E-state index in [1.54, 1.807) is 41.4 Å². The van der Waals surface area contributed by atoms with Crippen molar-refractivity contribution in [3.63, 3.8) is 0 Å². The number of para-hydroxylation sites is 3. The molecule has 2 amide bonds. The molecule has 0 saturated carbocycles. The average Bonchev–Trinajstić information content (AvgIpc) is 3.36. The third-order valence-electron chi connectivity index (χ3n) is 5.77. The number of carbonyl (C=O) groups excluding carboxylic acids is 2. The quantitative estimate of drug-likeness (QED) is 0.341. The van der Waals surface area contributed by atoms with Crippen LogP contribution in [0.2, 0.25) is 0 Å². The minimum absolute atomic E-state index is 0.0710. The van der Waals surface area contributed by atoms with E-state index in [-0.39, 0.29) is 5.69 Å². The number of imide groups is 1. The largest absolute Gasteiger partial charge is 0.495 e. The molecular weight excluding hydrogens is 424 g/mol. The lowest BCUT2D eigenvalue weighted by atomic mass is 9.92. The standard InChI is InChI=1S/C24H18N4O5/c1-33-19-10-6-5-9-18(19)26-23(29)20-21(15-11-13-17(14-12-15)28(31)32)25-27(22(20)24(26)30)16-7-3-2-4-8-16/h2-14,20,22H,1H3/t20-,22-/m0/s1. The summed E-state index contributed by atoms with van der Waals surface area (Å²) in [4.78, 5) is 39.0. The van der Waals surface area contributed by atoms with E-state index in [1.165, 1.54) is 19.2 Å². The Hall–Kier alpha value is -4.53. The first-order valence-electron chi connectivity index (χ1n) is 10.2. The zero-order valence-electron chi connectivity index (χ0n) is 17.5. The molecule has 0 aliphatic carbocycles. The van der Waals surface area contributed by atoms with Gasteiger partial charge < -0.3 is 4.74 Å². The maximum Gasteiger partial charge on any atom is 0.269 e. The molecule has 0 spiro atoms. The van der Waals surface area contributed by atoms with Gasteiger partial charge >= 0.3 is 0 Å². The summed E-state index contributed by atoms with van der Waals surface area (Å²) in [5, 5.41) is 17.3. The number of methoxy groups -OCH3 is 1. The van der Waals surface area contributed by atoms with Crippen LogP contribution in [0.3, 0.4) is 0 Å². The third kappa shape index (κ3) is 3.21. The fourth-order valence-corrected chi connectivity index (χ4v) is 4.25. The van der Waals surface area contributed by atoms with Crippen LogP contribution in [-0.4, -0.2) is 35.6 Å². The van der Waals surface area contributed by atoms with Gasteiger partial charge in [-0.2, -0.15) is 5.10 Å². The number of hydrazone groups is 1. The summed E-state index contributed by atoms with van der Waals surface area (Å²) in [6.07, 6.45) is 0. The summed E-state index contributed by atoms with van der Waals surface area (Å²) in [6, 6.07) is 20.9. The topological polar surface area (TPSA) is 105 Å². The van der Waals surface area contributed by atoms with Crippen molar-refractivity contribution in [1.82, 2.24) is 0 Å². The van der Waals surface area contributed by atoms with Crippen molar-refractivity contribution < 1.29 is 19.2 Å². The summed E-state index contributed by atoms with van der Waals surface area (Å²) in [5.41, 5.74) is 1.87. The maximum atomic E-state index is 13.6. The molecule has 0 N–H and O–H groups in total. The van der Waals surface area contributed by atoms with Gasteiger partial charge in [0.1, 0.15) is 17.7 Å². The Morgan fingerprint density at radius 2 is 1.58 bits per heavy atom. The molecule has 3 aromatic rings. The highest BCUT2D eigenvalue weighted by atomic mass is 16.6. The first-order valence-corrected chi connectivity index (χ1v) is 10.2. The molecule has 2 aliphatic rings. The molecule has 0 unspecified atom stereocenters. The molecule has 0 bridgehead atoms. The summed E-state index contributed by atoms with van der Waals surface area (Å²) in [7, 11) is 1.48. The van der Waals surface area contributed by atoms with Crippen LogP contribution in [-0.2, 0) is 9.59 Å². The number of non-ortho nitro benzene ring substituents is 1. The second kappa shape index (κ2) is 7.86. The van der Waals surface area contributed by atoms with Crippen LogP contribution in [0.4, 0.5) is 17.1 Å². The van der Waals surface area contributed by atoms with E-state index in [0.29, 0.717) is 28.4 Å². The lowest BCUT2D eigenvalue weighted by Crippen LogP contribution is -2.39. The lowest BCUT2D eigenvalue weighted by molar-refractivity contribution is -0.384. The number of amides is 2. The molecule has 2 heterocycles. The number of ether oxygens (including phenoxy) is 1. The number of nitrogens with zero attached hydrogens (tertiary/aromatic N) is 4. The Kier molecular flexibility index (Phi) is 4.86. The molecule has 9 heteroatoms. The van der Waals surface area contributed by atoms with Crippen LogP contribution < -0.4 is 14.6 Å². The molecule has 33 heavy (non-hydrogen) atoms. The monoisotopic (exact) mass is 442 g/mol. The van der Waals surface area contributed by atoms with Gasteiger partial charge in [0.05, 0.1) is 29.1 Å². The van der Waals surface area contributed by atoms with Gasteiger partial charge in [-0.3, -0.25) is 24.7 Å². The van der Waals surface area contributed by atoms with Gasteiger partial charge in [0, 0.05) is 12.1 Å². The molecule has 1 fully saturated rings. The summed E-state index contributed by atoms with van der Waals surface area (Å²) >= 11 is 0. The van der Waals surface area contributed by atoms with Crippen molar-refractivity contribution in [2.45, 2.75) is 6.04 Å². The van der Waals surface area contributed by atoms with Gasteiger partial charge in [0.25, 0.3) is 11.6 Å². The Labute approximate surface area is 188 Å². The van der Waals surface area contributed by atoms with E-state index in [4.69, 9.17) is 4.74 Å². The number of fused-ring (bicyclic) bond motifs is 1. The number of carbonyl (C=O) groups is 2. The number of anilines is 2. The van der Waals surface area contributed by atoms with Crippen molar-refractivity contribution in [3.05, 3.63) is 94.5 Å². The van der Waals surface area contributed by atoms with E-state index >= 15 is 0 Å². The van der Waals surface area contributed by atoms with Gasteiger partial charge in [-0.1, -0.05) is 30.3 Å². The summed E-state index contributed by atoms with van der Waals surface area (Å²) in [6.45, 7) is 0. The van der Waals surface area contributed by atoms with Crippen LogP contribution in [0.25, 0.3) is 0 Å². The molecule has 5 rings (SSSR count). The fraction of sp³-hybridized carbons (Fsp3) is 0.125. The summed E-state index contributed by atoms with van der Waals surface area (Å²) in [5.74, 6) is -1.31. The highest BCUT2D eigenvalue weighted by molar-refractivity contribution is 6.34. The van der Waals surface area contributed by atoms with E-state index < -0.39 is 28.7 Å². The first kappa shape index (κ1) is 20.4. The van der Waals surface area contributed by atoms with Crippen LogP contribution in [0.5, 0.6) is 5.75 Å². The van der Waals surface area contributed by atoms with Gasteiger partial charge in [0.15, 0.2) is 0 Å². The zero-order chi connectivity index (χ0) is 23.1. The molecule has 2 aliphatic heterocycles. The third-order valence-corrected chi connectivity index (χ3v) is 5.77. The van der Waals surface area contributed by atoms with Crippen molar-refractivity contribution in [2.24, 2.45) is 11.0 Å². The van der Waals surface area contributed by atoms with E-state index in [0.717, 1.165) is 4.90 Å². The SMILES string of the molecule is COc1ccccc1N1C(=O)[C@H]2C(c3ccc([N+](=O)[O-])cc3)=NN(c3ccccc3)[C@@H]2C1=O. The summed E-state index contributed by atoms with van der Waals surface area (Å²) < 4.78 is 5.38. The van der Waals surface area contributed by atoms with Gasteiger partial charge in [-0.05, 0) is 42.0 Å². The minimum Gasteiger partial charge on any atom is -0.495 e. The molecule has 0 radical (unpaired) electrons. The van der Waals surface area contributed by atoms with Crippen LogP contribution in [0.15, 0.2) is 84.0 Å². The normalized spacial score (nSPS) is 19.5. The molecule has 0 aromatic heterocycles. The van der Waals surface area contributed by atoms with E-state index in [9.17, 15) is 19.7 Å². The number of benzene rings is 3. The number of hydrogen-bond donors (Lipinski definition) is 0. The average molecular weight is 442 g/mol. The van der Waals surface area contributed by atoms with Crippen molar-refractivity contribution in [3.8, 4) is 5.75 Å². The predicted molar refractivity (Wildman–Crippen MR) is 121 cm³/mol. The smallest absolute Gasteiger partial charge is 0.269 e. The molecule has 3 aromatic carbocycles. The van der Waals surface area contributed by atoms with E-state index in [1.807, 2.05) is 30.3 Å². The van der Waals surface area contributed by atoms with Gasteiger partial charge in [0.2, 0.25) is 5.91 Å². The maximum absolute atomic E-state index is 13.6. The highest BCUT2D eigenvalue weighted by Crippen LogP contribution is 2.41. The first-order chi connectivity index (χ1) is 16.0. The molecule has 1 saturated heterocycles. The Morgan fingerprint density at radius 1 is 0.909 bits per heavy atom. The van der Waals surface area contributed by atoms with Crippen LogP contribution in [0, 0.1) is 16.0 Å².